The maximum absolute atomic E-state index is 14.0. The highest BCUT2D eigenvalue weighted by Crippen LogP contribution is 2.51. The molecule has 0 bridgehead atoms. The van der Waals surface area contributed by atoms with E-state index in [1.165, 1.54) is 14.9 Å². The normalized spacial score (nSPS) is 16.7. The Morgan fingerprint density at radius 2 is 1.29 bits per heavy atom. The average Bonchev–Trinajstić information content (AvgIpc) is 3.79. The highest BCUT2D eigenvalue weighted by atomic mass is 31.2. The van der Waals surface area contributed by atoms with Crippen LogP contribution in [0.2, 0.25) is 5.04 Å². The molecule has 1 aliphatic heterocycles. The van der Waals surface area contributed by atoms with E-state index in [2.05, 4.69) is 113 Å². The van der Waals surface area contributed by atoms with Crippen LogP contribution in [0.15, 0.2) is 155 Å². The fourth-order valence-electron chi connectivity index (χ4n) is 9.99. The number of H-pyrrole nitrogens is 1. The Hall–Kier alpha value is -5.72. The lowest BCUT2D eigenvalue weighted by molar-refractivity contribution is -0.0926. The molecule has 13 nitrogen and oxygen atoms in total. The third-order valence-electron chi connectivity index (χ3n) is 13.4. The molecule has 1 unspecified atom stereocenters. The smallest absolute Gasteiger partial charge is 0.330 e. The molecular weight excluding hydrogens is 956 g/mol. The molecule has 0 aliphatic carbocycles. The minimum atomic E-state index is -2.83. The van der Waals surface area contributed by atoms with Crippen molar-refractivity contribution in [1.82, 2.24) is 14.2 Å². The molecule has 73 heavy (non-hydrogen) atoms. The number of nitriles is 1. The minimum Gasteiger partial charge on any atom is -0.497 e. The van der Waals surface area contributed by atoms with Crippen molar-refractivity contribution >= 4 is 27.2 Å². The highest BCUT2D eigenvalue weighted by molar-refractivity contribution is 7.44. The Bertz CT molecular complexity index is 2720. The maximum atomic E-state index is 14.0. The molecule has 6 aromatic rings. The first-order valence-electron chi connectivity index (χ1n) is 25.1. The molecule has 1 aromatic heterocycles. The predicted octanol–water partition coefficient (Wildman–Crippen LogP) is 10.0. The zero-order chi connectivity index (χ0) is 52.2. The third kappa shape index (κ3) is 12.5. The number of benzene rings is 5. The van der Waals surface area contributed by atoms with Crippen molar-refractivity contribution in [2.24, 2.45) is 0 Å². The molecule has 0 amide bonds. The van der Waals surface area contributed by atoms with Gasteiger partial charge < -0.3 is 32.4 Å². The number of hydrogen-bond donors (Lipinski definition) is 1. The summed E-state index contributed by atoms with van der Waals surface area (Å²) in [5.41, 5.74) is 0.737. The Kier molecular flexibility index (Phi) is 18.9. The lowest BCUT2D eigenvalue weighted by Gasteiger charge is -2.43. The van der Waals surface area contributed by atoms with Crippen LogP contribution in [0.4, 0.5) is 0 Å². The first kappa shape index (κ1) is 55.0. The Morgan fingerprint density at radius 1 is 0.767 bits per heavy atom. The molecule has 0 saturated carbocycles. The lowest BCUT2D eigenvalue weighted by atomic mass is 9.80. The number of aromatic amines is 1. The molecule has 1 fully saturated rings. The zero-order valence-electron chi connectivity index (χ0n) is 43.7. The van der Waals surface area contributed by atoms with E-state index in [0.29, 0.717) is 36.5 Å². The van der Waals surface area contributed by atoms with Crippen LogP contribution in [0, 0.1) is 11.3 Å². The molecular formula is C58H71N4O9PSi. The average molecular weight is 1030 g/mol. The molecule has 1 saturated heterocycles. The summed E-state index contributed by atoms with van der Waals surface area (Å²) in [7, 11) is -1.30. The summed E-state index contributed by atoms with van der Waals surface area (Å²) in [5.74, 6) is 1.39. The number of ether oxygens (including phenoxy) is 4. The van der Waals surface area contributed by atoms with Crippen LogP contribution in [0.1, 0.15) is 96.2 Å². The van der Waals surface area contributed by atoms with Gasteiger partial charge in [0.2, 0.25) is 0 Å². The van der Waals surface area contributed by atoms with E-state index in [9.17, 15) is 14.9 Å². The Morgan fingerprint density at radius 3 is 1.78 bits per heavy atom. The van der Waals surface area contributed by atoms with E-state index < -0.39 is 52.1 Å². The summed E-state index contributed by atoms with van der Waals surface area (Å²) >= 11 is 0. The Labute approximate surface area is 433 Å². The molecule has 0 spiro atoms. The van der Waals surface area contributed by atoms with Gasteiger partial charge in [-0.3, -0.25) is 14.3 Å². The molecule has 0 radical (unpaired) electrons. The van der Waals surface area contributed by atoms with Crippen LogP contribution in [-0.4, -0.2) is 80.9 Å². The van der Waals surface area contributed by atoms with Gasteiger partial charge in [0.05, 0.1) is 46.0 Å². The maximum Gasteiger partial charge on any atom is 0.330 e. The molecule has 2 heterocycles. The number of aromatic nitrogens is 2. The van der Waals surface area contributed by atoms with Crippen LogP contribution >= 0.6 is 8.53 Å². The monoisotopic (exact) mass is 1030 g/mol. The molecule has 386 valence electrons. The van der Waals surface area contributed by atoms with Crippen molar-refractivity contribution in [2.75, 3.05) is 34.0 Å². The van der Waals surface area contributed by atoms with Crippen LogP contribution in [0.5, 0.6) is 11.5 Å². The van der Waals surface area contributed by atoms with Gasteiger partial charge in [-0.15, -0.1) is 0 Å². The van der Waals surface area contributed by atoms with E-state index in [4.69, 9.17) is 32.4 Å². The van der Waals surface area contributed by atoms with E-state index in [-0.39, 0.29) is 43.2 Å². The van der Waals surface area contributed by atoms with Gasteiger partial charge in [-0.25, -0.2) is 9.46 Å². The minimum absolute atomic E-state index is 0.00336. The second-order valence-electron chi connectivity index (χ2n) is 19.8. The largest absolute Gasteiger partial charge is 0.497 e. The summed E-state index contributed by atoms with van der Waals surface area (Å²) in [5, 5.41) is 11.6. The van der Waals surface area contributed by atoms with Gasteiger partial charge in [0.15, 0.2) is 0 Å². The first-order chi connectivity index (χ1) is 35.2. The van der Waals surface area contributed by atoms with Gasteiger partial charge in [0.25, 0.3) is 22.4 Å². The molecule has 7 rings (SSSR count). The molecule has 5 aromatic carbocycles. The summed E-state index contributed by atoms with van der Waals surface area (Å²) in [6.45, 7) is 15.6. The number of hydrogen-bond acceptors (Lipinski definition) is 11. The lowest BCUT2D eigenvalue weighted by Crippen LogP contribution is -2.66. The van der Waals surface area contributed by atoms with Crippen LogP contribution < -0.4 is 31.1 Å². The second-order valence-corrected chi connectivity index (χ2v) is 25.5. The van der Waals surface area contributed by atoms with E-state index in [1.54, 1.807) is 20.4 Å². The van der Waals surface area contributed by atoms with E-state index in [1.807, 2.05) is 91.0 Å². The summed E-state index contributed by atoms with van der Waals surface area (Å²) < 4.78 is 49.8. The van der Waals surface area contributed by atoms with Crippen LogP contribution in [0.3, 0.4) is 0 Å². The van der Waals surface area contributed by atoms with Gasteiger partial charge in [-0.05, 0) is 96.9 Å². The SMILES string of the molecule is COc1ccc(C(OC[C@H]2O[C@@H](n3cc(CCCO[Si](c4ccccc4)(c4ccccc4)C(C)(C)C)c(=O)[nH]c3=O)C[C@@H]2OP(OCCC#N)N(C(C)C)C(C)C)(c2ccccc2)c2ccc(OC)cc2)cc1. The fraction of sp³-hybridized carbons (Fsp3) is 0.397. The number of methoxy groups -OCH3 is 2. The van der Waals surface area contributed by atoms with E-state index >= 15 is 0 Å². The highest BCUT2D eigenvalue weighted by Gasteiger charge is 2.50. The molecule has 1 aliphatic rings. The van der Waals surface area contributed by atoms with Crippen molar-refractivity contribution in [2.45, 2.75) is 115 Å². The number of rotatable bonds is 24. The first-order valence-corrected chi connectivity index (χ1v) is 28.2. The van der Waals surface area contributed by atoms with Crippen LogP contribution in [-0.2, 0) is 35.0 Å². The van der Waals surface area contributed by atoms with Crippen molar-refractivity contribution in [1.29, 1.82) is 5.26 Å². The van der Waals surface area contributed by atoms with Crippen LogP contribution in [0.25, 0.3) is 0 Å². The van der Waals surface area contributed by atoms with Gasteiger partial charge >= 0.3 is 5.69 Å². The van der Waals surface area contributed by atoms with Crippen molar-refractivity contribution in [3.05, 3.63) is 189 Å². The standard InChI is InChI=1S/C58H71N4O9PSi/c1-42(2)62(43(3)4)72(68-37-20-36-59)71-52-39-54(70-53(52)41-67-58(45-22-13-10-14-23-45,46-28-32-48(65-8)33-29-46)47-30-34-49(66-9)35-31-47)61-40-44(55(63)60-56(61)64)21-19-38-69-73(57(5,6)7,50-24-15-11-16-25-50)51-26-17-12-18-27-51/h10-18,22-35,40,42-43,52-54H,19-21,37-39,41H2,1-9H3,(H,60,63,64)/t52-,53+,54+,72?/m0/s1. The van der Waals surface area contributed by atoms with Gasteiger partial charge in [0, 0.05) is 36.9 Å². The number of nitrogens with zero attached hydrogens (tertiary/aromatic N) is 3. The molecule has 1 N–H and O–H groups in total. The van der Waals surface area contributed by atoms with Crippen molar-refractivity contribution in [3.63, 3.8) is 0 Å². The van der Waals surface area contributed by atoms with Gasteiger partial charge in [-0.1, -0.05) is 136 Å². The molecule has 15 heteroatoms. The Balaban J connectivity index is 1.24. The number of nitrogens with one attached hydrogen (secondary N) is 1. The van der Waals surface area contributed by atoms with Crippen molar-refractivity contribution in [3.8, 4) is 17.6 Å². The summed E-state index contributed by atoms with van der Waals surface area (Å²) in [6, 6.07) is 48.8. The molecule has 4 atom stereocenters. The van der Waals surface area contributed by atoms with E-state index in [0.717, 1.165) is 16.7 Å². The van der Waals surface area contributed by atoms with Gasteiger partial charge in [-0.2, -0.15) is 5.26 Å². The summed E-state index contributed by atoms with van der Waals surface area (Å²) in [4.78, 5) is 30.2. The number of aryl methyl sites for hydroxylation is 1. The quantitative estimate of drug-likeness (QED) is 0.0268. The van der Waals surface area contributed by atoms with Gasteiger partial charge in [0.1, 0.15) is 29.4 Å². The topological polar surface area (TPSA) is 146 Å². The fourth-order valence-corrected chi connectivity index (χ4v) is 16.4. The zero-order valence-corrected chi connectivity index (χ0v) is 45.6. The summed E-state index contributed by atoms with van der Waals surface area (Å²) in [6.07, 6.45) is 0.644. The second kappa shape index (κ2) is 25.0. The van der Waals surface area contributed by atoms with Crippen molar-refractivity contribution < 1.29 is 32.4 Å². The predicted molar refractivity (Wildman–Crippen MR) is 290 cm³/mol. The third-order valence-corrected chi connectivity index (χ3v) is 20.6.